The smallest absolute Gasteiger partial charge is 0.265 e. The molecule has 7 nitrogen and oxygen atoms in total. The predicted molar refractivity (Wildman–Crippen MR) is 103 cm³/mol. The standard InChI is InChI=1S/C20H37N3O4/c1-16(2)15-26-17(3)27-23(14-18-8-4-5-9-18)20(25)19(10-13-24)22-12-7-6-11-21-22/h13,16-19,21H,4-12,14-15H2,1-3H3. The largest absolute Gasteiger partial charge is 0.350 e. The first-order chi connectivity index (χ1) is 13.0. The lowest BCUT2D eigenvalue weighted by Crippen LogP contribution is -2.57. The first-order valence-corrected chi connectivity index (χ1v) is 10.5. The minimum atomic E-state index is -0.526. The molecular weight excluding hydrogens is 346 g/mol. The number of amides is 1. The van der Waals surface area contributed by atoms with Crippen molar-refractivity contribution in [1.29, 1.82) is 0 Å². The van der Waals surface area contributed by atoms with Crippen LogP contribution in [0.5, 0.6) is 0 Å². The topological polar surface area (TPSA) is 71.1 Å². The van der Waals surface area contributed by atoms with Crippen molar-refractivity contribution in [3.63, 3.8) is 0 Å². The van der Waals surface area contributed by atoms with Gasteiger partial charge >= 0.3 is 0 Å². The summed E-state index contributed by atoms with van der Waals surface area (Å²) < 4.78 is 5.72. The zero-order valence-corrected chi connectivity index (χ0v) is 17.2. The number of ether oxygens (including phenoxy) is 1. The maximum absolute atomic E-state index is 13.3. The van der Waals surface area contributed by atoms with Crippen LogP contribution in [-0.2, 0) is 19.2 Å². The molecule has 2 fully saturated rings. The Hall–Kier alpha value is -1.02. The number of hydrogen-bond acceptors (Lipinski definition) is 6. The highest BCUT2D eigenvalue weighted by Gasteiger charge is 2.34. The van der Waals surface area contributed by atoms with Crippen molar-refractivity contribution in [2.24, 2.45) is 11.8 Å². The highest BCUT2D eigenvalue weighted by Crippen LogP contribution is 2.26. The second-order valence-corrected chi connectivity index (χ2v) is 8.18. The molecule has 1 aliphatic heterocycles. The zero-order valence-electron chi connectivity index (χ0n) is 17.2. The van der Waals surface area contributed by atoms with Gasteiger partial charge in [-0.05, 0) is 44.4 Å². The Balaban J connectivity index is 2.04. The zero-order chi connectivity index (χ0) is 19.6. The molecule has 1 saturated carbocycles. The van der Waals surface area contributed by atoms with Crippen molar-refractivity contribution in [3.05, 3.63) is 0 Å². The van der Waals surface area contributed by atoms with E-state index in [0.29, 0.717) is 25.0 Å². The van der Waals surface area contributed by atoms with Gasteiger partial charge in [0, 0.05) is 19.5 Å². The number of nitrogens with zero attached hydrogens (tertiary/aromatic N) is 2. The molecule has 1 amide bonds. The molecule has 2 atom stereocenters. The van der Waals surface area contributed by atoms with Gasteiger partial charge in [-0.3, -0.25) is 10.2 Å². The fourth-order valence-electron chi connectivity index (χ4n) is 3.74. The summed E-state index contributed by atoms with van der Waals surface area (Å²) in [6.07, 6.45) is 7.25. The van der Waals surface area contributed by atoms with Gasteiger partial charge in [-0.15, -0.1) is 0 Å². The van der Waals surface area contributed by atoms with E-state index in [1.165, 1.54) is 17.9 Å². The number of rotatable bonds is 11. The molecule has 0 radical (unpaired) electrons. The van der Waals surface area contributed by atoms with E-state index in [0.717, 1.165) is 45.1 Å². The van der Waals surface area contributed by atoms with Crippen LogP contribution in [0.1, 0.15) is 65.7 Å². The SMILES string of the molecule is CC(C)COC(C)ON(CC1CCCC1)C(=O)C(CC=O)N1CCCCN1. The summed E-state index contributed by atoms with van der Waals surface area (Å²) in [6, 6.07) is -0.526. The number of hydrazine groups is 1. The Labute approximate surface area is 163 Å². The molecule has 0 aromatic rings. The molecule has 2 rings (SSSR count). The lowest BCUT2D eigenvalue weighted by Gasteiger charge is -2.37. The van der Waals surface area contributed by atoms with Crippen molar-refractivity contribution < 1.29 is 19.2 Å². The van der Waals surface area contributed by atoms with Crippen molar-refractivity contribution in [1.82, 2.24) is 15.5 Å². The van der Waals surface area contributed by atoms with Gasteiger partial charge in [-0.1, -0.05) is 26.7 Å². The Morgan fingerprint density at radius 3 is 2.56 bits per heavy atom. The average Bonchev–Trinajstić information content (AvgIpc) is 3.17. The predicted octanol–water partition coefficient (Wildman–Crippen LogP) is 2.51. The molecule has 1 heterocycles. The van der Waals surface area contributed by atoms with Crippen molar-refractivity contribution in [3.8, 4) is 0 Å². The van der Waals surface area contributed by atoms with Crippen molar-refractivity contribution >= 4 is 12.2 Å². The summed E-state index contributed by atoms with van der Waals surface area (Å²) in [5, 5.41) is 3.39. The van der Waals surface area contributed by atoms with Gasteiger partial charge in [0.1, 0.15) is 12.3 Å². The number of nitrogens with one attached hydrogen (secondary N) is 1. The Bertz CT molecular complexity index is 449. The van der Waals surface area contributed by atoms with Crippen LogP contribution in [0.4, 0.5) is 0 Å². The van der Waals surface area contributed by atoms with E-state index < -0.39 is 12.3 Å². The number of carbonyl (C=O) groups is 2. The molecule has 0 bridgehead atoms. The van der Waals surface area contributed by atoms with Gasteiger partial charge in [0.2, 0.25) is 0 Å². The van der Waals surface area contributed by atoms with Gasteiger partial charge in [0.25, 0.3) is 5.91 Å². The Morgan fingerprint density at radius 1 is 1.22 bits per heavy atom. The normalized spacial score (nSPS) is 21.3. The first kappa shape index (κ1) is 22.3. The van der Waals surface area contributed by atoms with Gasteiger partial charge in [0.15, 0.2) is 6.29 Å². The van der Waals surface area contributed by atoms with Crippen molar-refractivity contribution in [2.45, 2.75) is 78.0 Å². The second-order valence-electron chi connectivity index (χ2n) is 8.18. The van der Waals surface area contributed by atoms with Crippen molar-refractivity contribution in [2.75, 3.05) is 26.2 Å². The van der Waals surface area contributed by atoms with Gasteiger partial charge < -0.3 is 9.53 Å². The van der Waals surface area contributed by atoms with E-state index in [1.54, 1.807) is 0 Å². The summed E-state index contributed by atoms with van der Waals surface area (Å²) in [4.78, 5) is 30.5. The summed E-state index contributed by atoms with van der Waals surface area (Å²) in [5.41, 5.74) is 3.27. The van der Waals surface area contributed by atoms with Gasteiger partial charge in [-0.25, -0.2) is 14.9 Å². The van der Waals surface area contributed by atoms with Gasteiger partial charge in [0.05, 0.1) is 13.2 Å². The molecule has 7 heteroatoms. The van der Waals surface area contributed by atoms with Crippen LogP contribution >= 0.6 is 0 Å². The van der Waals surface area contributed by atoms with E-state index in [4.69, 9.17) is 9.57 Å². The molecule has 1 aliphatic carbocycles. The third kappa shape index (κ3) is 7.49. The molecule has 156 valence electrons. The number of hydroxylamine groups is 2. The Kier molecular flexibility index (Phi) is 9.68. The summed E-state index contributed by atoms with van der Waals surface area (Å²) in [7, 11) is 0. The lowest BCUT2D eigenvalue weighted by atomic mass is 10.1. The summed E-state index contributed by atoms with van der Waals surface area (Å²) in [6.45, 7) is 8.73. The Morgan fingerprint density at radius 2 is 1.96 bits per heavy atom. The molecule has 1 saturated heterocycles. The first-order valence-electron chi connectivity index (χ1n) is 10.5. The molecule has 0 aromatic carbocycles. The molecule has 27 heavy (non-hydrogen) atoms. The average molecular weight is 384 g/mol. The van der Waals surface area contributed by atoms with Crippen LogP contribution in [0.15, 0.2) is 0 Å². The highest BCUT2D eigenvalue weighted by molar-refractivity contribution is 5.83. The third-order valence-corrected chi connectivity index (χ3v) is 5.21. The van der Waals surface area contributed by atoms with Crippen LogP contribution < -0.4 is 5.43 Å². The molecule has 2 aliphatic rings. The molecular formula is C20H37N3O4. The van der Waals surface area contributed by atoms with Crippen LogP contribution in [0, 0.1) is 11.8 Å². The van der Waals surface area contributed by atoms with E-state index >= 15 is 0 Å². The van der Waals surface area contributed by atoms with Crippen LogP contribution in [-0.4, -0.2) is 60.8 Å². The summed E-state index contributed by atoms with van der Waals surface area (Å²) >= 11 is 0. The summed E-state index contributed by atoms with van der Waals surface area (Å²) in [5.74, 6) is 0.705. The van der Waals surface area contributed by atoms with E-state index in [-0.39, 0.29) is 12.3 Å². The van der Waals surface area contributed by atoms with Crippen LogP contribution in [0.25, 0.3) is 0 Å². The monoisotopic (exact) mass is 383 g/mol. The number of carbonyl (C=O) groups excluding carboxylic acids is 2. The number of aldehydes is 1. The van der Waals surface area contributed by atoms with Crippen LogP contribution in [0.3, 0.4) is 0 Å². The maximum atomic E-state index is 13.3. The fraction of sp³-hybridized carbons (Fsp3) is 0.900. The lowest BCUT2D eigenvalue weighted by molar-refractivity contribution is -0.271. The highest BCUT2D eigenvalue weighted by atomic mass is 16.8. The van der Waals surface area contributed by atoms with E-state index in [2.05, 4.69) is 19.3 Å². The second kappa shape index (κ2) is 11.7. The minimum absolute atomic E-state index is 0.150. The molecule has 1 N–H and O–H groups in total. The maximum Gasteiger partial charge on any atom is 0.265 e. The van der Waals surface area contributed by atoms with Crippen LogP contribution in [0.2, 0.25) is 0 Å². The van der Waals surface area contributed by atoms with E-state index in [1.807, 2.05) is 11.9 Å². The van der Waals surface area contributed by atoms with Gasteiger partial charge in [-0.2, -0.15) is 0 Å². The van der Waals surface area contributed by atoms with E-state index in [9.17, 15) is 9.59 Å². The quantitative estimate of drug-likeness (QED) is 0.336. The molecule has 0 spiro atoms. The fourth-order valence-corrected chi connectivity index (χ4v) is 3.74. The molecule has 2 unspecified atom stereocenters. The third-order valence-electron chi connectivity index (χ3n) is 5.21. The minimum Gasteiger partial charge on any atom is -0.350 e. The molecule has 0 aromatic heterocycles. The number of hydrogen-bond donors (Lipinski definition) is 1.